The number of rotatable bonds is 20. The van der Waals surface area contributed by atoms with E-state index in [1.54, 1.807) is 24.3 Å². The number of carbonyl (C=O) groups excluding carboxylic acids is 2. The maximum absolute atomic E-state index is 13.7. The highest BCUT2D eigenvalue weighted by Gasteiger charge is 2.34. The second-order valence-electron chi connectivity index (χ2n) is 10.7. The van der Waals surface area contributed by atoms with Crippen LogP contribution in [0.1, 0.15) is 148 Å². The van der Waals surface area contributed by atoms with E-state index < -0.39 is 0 Å². The Labute approximate surface area is 230 Å². The van der Waals surface area contributed by atoms with Crippen LogP contribution in [0.2, 0.25) is 0 Å². The molecule has 3 rings (SSSR count). The van der Waals surface area contributed by atoms with Gasteiger partial charge in [-0.2, -0.15) is 0 Å². The highest BCUT2D eigenvalue weighted by atomic mass is 16.5. The molecule has 4 nitrogen and oxygen atoms in total. The minimum atomic E-state index is -0.173. The number of unbranched alkanes of at least 4 members (excludes halogenated alkanes) is 14. The number of carbonyl (C=O) groups is 2. The molecule has 2 aromatic carbocycles. The van der Waals surface area contributed by atoms with Crippen molar-refractivity contribution in [2.75, 3.05) is 13.2 Å². The number of benzene rings is 2. The fraction of sp³-hybridized carbons (Fsp3) is 0.588. The van der Waals surface area contributed by atoms with Crippen molar-refractivity contribution in [1.29, 1.82) is 0 Å². The molecule has 0 amide bonds. The van der Waals surface area contributed by atoms with Crippen LogP contribution in [-0.2, 0) is 0 Å². The van der Waals surface area contributed by atoms with Gasteiger partial charge in [-0.3, -0.25) is 9.59 Å². The third-order valence-electron chi connectivity index (χ3n) is 7.51. The number of ether oxygens (including phenoxy) is 2. The second-order valence-corrected chi connectivity index (χ2v) is 10.7. The third kappa shape index (κ3) is 8.71. The van der Waals surface area contributed by atoms with Crippen LogP contribution in [0.4, 0.5) is 0 Å². The first kappa shape index (κ1) is 29.9. The molecule has 0 saturated carbocycles. The molecule has 208 valence electrons. The van der Waals surface area contributed by atoms with Gasteiger partial charge in [0.25, 0.3) is 0 Å². The fourth-order valence-electron chi connectivity index (χ4n) is 5.26. The van der Waals surface area contributed by atoms with E-state index in [9.17, 15) is 9.59 Å². The predicted molar refractivity (Wildman–Crippen MR) is 156 cm³/mol. The SMILES string of the molecule is CCCCCCCCCCOc1cccc2c1C(=O)c1c(OCCCCCCCCCC)cccc1C2=O. The average Bonchev–Trinajstić information content (AvgIpc) is 2.94. The first-order chi connectivity index (χ1) is 18.7. The number of fused-ring (bicyclic) bond motifs is 2. The van der Waals surface area contributed by atoms with Gasteiger partial charge in [0.1, 0.15) is 11.5 Å². The molecular weight excluding hydrogens is 472 g/mol. The lowest BCUT2D eigenvalue weighted by atomic mass is 9.83. The summed E-state index contributed by atoms with van der Waals surface area (Å²) in [5, 5.41) is 0. The quantitative estimate of drug-likeness (QED) is 0.139. The molecule has 0 heterocycles. The summed E-state index contributed by atoms with van der Waals surface area (Å²) in [4.78, 5) is 27.0. The summed E-state index contributed by atoms with van der Waals surface area (Å²) in [5.41, 5.74) is 1.62. The lowest BCUT2D eigenvalue weighted by Gasteiger charge is -2.22. The molecule has 0 fully saturated rings. The van der Waals surface area contributed by atoms with Gasteiger partial charge in [0.05, 0.1) is 24.3 Å². The Kier molecular flexibility index (Phi) is 13.4. The molecule has 0 N–H and O–H groups in total. The predicted octanol–water partition coefficient (Wildman–Crippen LogP) is 9.50. The monoisotopic (exact) mass is 520 g/mol. The van der Waals surface area contributed by atoms with Crippen molar-refractivity contribution in [2.45, 2.75) is 117 Å². The largest absolute Gasteiger partial charge is 0.493 e. The van der Waals surface area contributed by atoms with Gasteiger partial charge in [0, 0.05) is 11.1 Å². The van der Waals surface area contributed by atoms with Gasteiger partial charge in [0.2, 0.25) is 5.78 Å². The molecule has 0 saturated heterocycles. The van der Waals surface area contributed by atoms with Crippen LogP contribution in [0.3, 0.4) is 0 Å². The first-order valence-corrected chi connectivity index (χ1v) is 15.3. The molecule has 0 bridgehead atoms. The minimum absolute atomic E-state index is 0.135. The van der Waals surface area contributed by atoms with E-state index >= 15 is 0 Å². The van der Waals surface area contributed by atoms with E-state index in [-0.39, 0.29) is 11.6 Å². The van der Waals surface area contributed by atoms with Crippen LogP contribution < -0.4 is 9.47 Å². The van der Waals surface area contributed by atoms with Crippen LogP contribution in [0.5, 0.6) is 11.5 Å². The Bertz CT molecular complexity index is 932. The highest BCUT2D eigenvalue weighted by molar-refractivity contribution is 6.30. The standard InChI is InChI=1S/C34H48O4/c1-3-5-7-9-11-13-15-17-25-37-29-23-19-21-27-31(29)34(36)32-28(33(27)35)22-20-24-30(32)38-26-18-16-14-12-10-8-6-4-2/h19-24H,3-18,25-26H2,1-2H3. The van der Waals surface area contributed by atoms with Crippen LogP contribution in [-0.4, -0.2) is 24.8 Å². The van der Waals surface area contributed by atoms with E-state index in [0.29, 0.717) is 47.0 Å². The Hall–Kier alpha value is -2.62. The maximum Gasteiger partial charge on any atom is 0.201 e. The Balaban J connectivity index is 1.55. The zero-order chi connectivity index (χ0) is 27.0. The van der Waals surface area contributed by atoms with Crippen molar-refractivity contribution in [3.05, 3.63) is 58.7 Å². The second kappa shape index (κ2) is 17.1. The molecule has 0 unspecified atom stereocenters. The number of hydrogen-bond donors (Lipinski definition) is 0. The smallest absolute Gasteiger partial charge is 0.201 e. The minimum Gasteiger partial charge on any atom is -0.493 e. The molecule has 0 aliphatic heterocycles. The molecule has 4 heteroatoms. The Morgan fingerprint density at radius 3 is 1.24 bits per heavy atom. The van der Waals surface area contributed by atoms with Crippen LogP contribution >= 0.6 is 0 Å². The van der Waals surface area contributed by atoms with E-state index in [4.69, 9.17) is 9.47 Å². The summed E-state index contributed by atoms with van der Waals surface area (Å²) < 4.78 is 12.1. The van der Waals surface area contributed by atoms with Gasteiger partial charge in [-0.05, 0) is 25.0 Å². The van der Waals surface area contributed by atoms with Crippen molar-refractivity contribution < 1.29 is 19.1 Å². The molecule has 1 aliphatic carbocycles. The van der Waals surface area contributed by atoms with E-state index in [1.165, 1.54) is 77.0 Å². The molecule has 0 atom stereocenters. The summed E-state index contributed by atoms with van der Waals surface area (Å²) in [6.45, 7) is 5.58. The summed E-state index contributed by atoms with van der Waals surface area (Å²) in [5.74, 6) is 0.706. The van der Waals surface area contributed by atoms with Gasteiger partial charge in [-0.1, -0.05) is 128 Å². The van der Waals surface area contributed by atoms with E-state index in [2.05, 4.69) is 13.8 Å². The van der Waals surface area contributed by atoms with Gasteiger partial charge >= 0.3 is 0 Å². The molecule has 0 aromatic heterocycles. The normalized spacial score (nSPS) is 12.4. The summed E-state index contributed by atoms with van der Waals surface area (Å²) >= 11 is 0. The van der Waals surface area contributed by atoms with Crippen molar-refractivity contribution in [1.82, 2.24) is 0 Å². The van der Waals surface area contributed by atoms with Crippen molar-refractivity contribution >= 4 is 11.6 Å². The summed E-state index contributed by atoms with van der Waals surface area (Å²) in [6.07, 6.45) is 19.5. The lowest BCUT2D eigenvalue weighted by molar-refractivity contribution is 0.0972. The number of ketones is 2. The van der Waals surface area contributed by atoms with Gasteiger partial charge < -0.3 is 9.47 Å². The van der Waals surface area contributed by atoms with Crippen molar-refractivity contribution in [3.8, 4) is 11.5 Å². The molecule has 0 radical (unpaired) electrons. The topological polar surface area (TPSA) is 52.6 Å². The van der Waals surface area contributed by atoms with Gasteiger partial charge in [0.15, 0.2) is 5.78 Å². The Morgan fingerprint density at radius 2 is 0.842 bits per heavy atom. The third-order valence-corrected chi connectivity index (χ3v) is 7.51. The van der Waals surface area contributed by atoms with Crippen LogP contribution in [0.15, 0.2) is 36.4 Å². The van der Waals surface area contributed by atoms with Gasteiger partial charge in [-0.15, -0.1) is 0 Å². The van der Waals surface area contributed by atoms with Crippen LogP contribution in [0, 0.1) is 0 Å². The zero-order valence-electron chi connectivity index (χ0n) is 23.8. The highest BCUT2D eigenvalue weighted by Crippen LogP contribution is 2.37. The fourth-order valence-corrected chi connectivity index (χ4v) is 5.26. The first-order valence-electron chi connectivity index (χ1n) is 15.3. The lowest BCUT2D eigenvalue weighted by Crippen LogP contribution is -2.23. The molecule has 2 aromatic rings. The van der Waals surface area contributed by atoms with Crippen molar-refractivity contribution in [3.63, 3.8) is 0 Å². The summed E-state index contributed by atoms with van der Waals surface area (Å²) in [7, 11) is 0. The van der Waals surface area contributed by atoms with Gasteiger partial charge in [-0.25, -0.2) is 0 Å². The molecule has 0 spiro atoms. The number of hydrogen-bond acceptors (Lipinski definition) is 4. The van der Waals surface area contributed by atoms with Crippen molar-refractivity contribution in [2.24, 2.45) is 0 Å². The maximum atomic E-state index is 13.7. The summed E-state index contributed by atoms with van der Waals surface area (Å²) in [6, 6.07) is 10.7. The Morgan fingerprint density at radius 1 is 0.474 bits per heavy atom. The average molecular weight is 521 g/mol. The van der Waals surface area contributed by atoms with E-state index in [1.807, 2.05) is 12.1 Å². The molecular formula is C34H48O4. The zero-order valence-corrected chi connectivity index (χ0v) is 23.8. The van der Waals surface area contributed by atoms with E-state index in [0.717, 1.165) is 25.7 Å². The molecule has 1 aliphatic rings. The molecule has 38 heavy (non-hydrogen) atoms. The van der Waals surface area contributed by atoms with Crippen LogP contribution in [0.25, 0.3) is 0 Å².